The van der Waals surface area contributed by atoms with E-state index in [1.165, 1.54) is 24.0 Å². The molecule has 1 atom stereocenters. The summed E-state index contributed by atoms with van der Waals surface area (Å²) < 4.78 is 0. The molecule has 2 aromatic carbocycles. The first kappa shape index (κ1) is 16.5. The molecule has 3 rings (SSSR count). The normalized spacial score (nSPS) is 16.0. The van der Waals surface area contributed by atoms with Crippen LogP contribution >= 0.6 is 0 Å². The van der Waals surface area contributed by atoms with Crippen LogP contribution in [0.1, 0.15) is 40.4 Å². The molecule has 126 valence electrons. The molecular formula is C20H25N3O. The third kappa shape index (κ3) is 3.77. The summed E-state index contributed by atoms with van der Waals surface area (Å²) >= 11 is 0. The molecule has 1 unspecified atom stereocenters. The smallest absolute Gasteiger partial charge is 0.253 e. The van der Waals surface area contributed by atoms with Crippen LogP contribution < -0.4 is 11.1 Å². The molecule has 4 heteroatoms. The lowest BCUT2D eigenvalue weighted by Gasteiger charge is -2.28. The Kier molecular flexibility index (Phi) is 5.16. The van der Waals surface area contributed by atoms with Gasteiger partial charge in [0.25, 0.3) is 5.91 Å². The number of para-hydroxylation sites is 1. The zero-order valence-corrected chi connectivity index (χ0v) is 14.2. The molecule has 1 amide bonds. The maximum atomic E-state index is 12.5. The fourth-order valence-corrected chi connectivity index (χ4v) is 3.29. The summed E-state index contributed by atoms with van der Waals surface area (Å²) in [6.07, 6.45) is 2.45. The van der Waals surface area contributed by atoms with Crippen molar-refractivity contribution < 1.29 is 4.79 Å². The number of nitrogens with two attached hydrogens (primary N) is 1. The van der Waals surface area contributed by atoms with Gasteiger partial charge >= 0.3 is 0 Å². The van der Waals surface area contributed by atoms with E-state index in [-0.39, 0.29) is 11.9 Å². The molecule has 2 aromatic rings. The van der Waals surface area contributed by atoms with Crippen LogP contribution in [0.3, 0.4) is 0 Å². The van der Waals surface area contributed by atoms with Gasteiger partial charge in [-0.1, -0.05) is 42.0 Å². The minimum atomic E-state index is -0.107. The van der Waals surface area contributed by atoms with E-state index >= 15 is 0 Å². The lowest BCUT2D eigenvalue weighted by molar-refractivity contribution is 0.0939. The molecule has 1 heterocycles. The summed E-state index contributed by atoms with van der Waals surface area (Å²) in [5.74, 6) is -0.107. The number of anilines is 1. The molecule has 24 heavy (non-hydrogen) atoms. The van der Waals surface area contributed by atoms with E-state index in [9.17, 15) is 4.79 Å². The van der Waals surface area contributed by atoms with Crippen LogP contribution in [-0.4, -0.2) is 30.4 Å². The third-order valence-corrected chi connectivity index (χ3v) is 4.70. The van der Waals surface area contributed by atoms with Crippen LogP contribution in [0.5, 0.6) is 0 Å². The van der Waals surface area contributed by atoms with Gasteiger partial charge in [0.15, 0.2) is 0 Å². The second-order valence-electron chi connectivity index (χ2n) is 6.47. The van der Waals surface area contributed by atoms with Gasteiger partial charge < -0.3 is 11.1 Å². The number of nitrogens with zero attached hydrogens (tertiary/aromatic N) is 1. The molecule has 0 aromatic heterocycles. The Morgan fingerprint density at radius 1 is 1.12 bits per heavy atom. The summed E-state index contributed by atoms with van der Waals surface area (Å²) in [7, 11) is 0. The Labute approximate surface area is 143 Å². The molecule has 0 radical (unpaired) electrons. The van der Waals surface area contributed by atoms with E-state index in [1.807, 2.05) is 12.1 Å². The van der Waals surface area contributed by atoms with E-state index in [0.717, 1.165) is 13.1 Å². The van der Waals surface area contributed by atoms with Gasteiger partial charge in [-0.3, -0.25) is 9.69 Å². The molecule has 1 saturated heterocycles. The minimum absolute atomic E-state index is 0.107. The van der Waals surface area contributed by atoms with Crippen LogP contribution in [0.15, 0.2) is 48.5 Å². The predicted molar refractivity (Wildman–Crippen MR) is 97.9 cm³/mol. The first-order chi connectivity index (χ1) is 11.6. The van der Waals surface area contributed by atoms with Crippen LogP contribution in [0.25, 0.3) is 0 Å². The SMILES string of the molecule is Cc1ccc(C(CNC(=O)c2ccccc2N)N2CCCC2)cc1. The van der Waals surface area contributed by atoms with E-state index in [2.05, 4.69) is 41.4 Å². The van der Waals surface area contributed by atoms with Gasteiger partial charge in [0.05, 0.1) is 11.6 Å². The monoisotopic (exact) mass is 323 g/mol. The summed E-state index contributed by atoms with van der Waals surface area (Å²) in [5, 5.41) is 3.07. The Morgan fingerprint density at radius 2 is 1.79 bits per heavy atom. The Bertz CT molecular complexity index is 690. The van der Waals surface area contributed by atoms with Crippen molar-refractivity contribution in [3.05, 3.63) is 65.2 Å². The Balaban J connectivity index is 1.73. The Hall–Kier alpha value is -2.33. The van der Waals surface area contributed by atoms with Gasteiger partial charge in [-0.05, 0) is 50.6 Å². The number of nitrogen functional groups attached to an aromatic ring is 1. The summed E-state index contributed by atoms with van der Waals surface area (Å²) in [5.41, 5.74) is 9.47. The fourth-order valence-electron chi connectivity index (χ4n) is 3.29. The van der Waals surface area contributed by atoms with Crippen LogP contribution in [-0.2, 0) is 0 Å². The number of aryl methyl sites for hydroxylation is 1. The topological polar surface area (TPSA) is 58.4 Å². The van der Waals surface area contributed by atoms with E-state index in [0.29, 0.717) is 17.8 Å². The first-order valence-corrected chi connectivity index (χ1v) is 8.58. The summed E-state index contributed by atoms with van der Waals surface area (Å²) in [6, 6.07) is 16.0. The minimum Gasteiger partial charge on any atom is -0.398 e. The van der Waals surface area contributed by atoms with Crippen molar-refractivity contribution >= 4 is 11.6 Å². The van der Waals surface area contributed by atoms with Crippen molar-refractivity contribution in [1.82, 2.24) is 10.2 Å². The molecule has 0 bridgehead atoms. The van der Waals surface area contributed by atoms with Crippen LogP contribution in [0.2, 0.25) is 0 Å². The molecule has 1 aliphatic rings. The van der Waals surface area contributed by atoms with E-state index in [1.54, 1.807) is 12.1 Å². The quantitative estimate of drug-likeness (QED) is 0.831. The fraction of sp³-hybridized carbons (Fsp3) is 0.350. The standard InChI is InChI=1S/C20H25N3O/c1-15-8-10-16(11-9-15)19(23-12-4-5-13-23)14-22-20(24)17-6-2-3-7-18(17)21/h2-3,6-11,19H,4-5,12-14,21H2,1H3,(H,22,24). The summed E-state index contributed by atoms with van der Waals surface area (Å²) in [6.45, 7) is 4.86. The van der Waals surface area contributed by atoms with Crippen LogP contribution in [0.4, 0.5) is 5.69 Å². The first-order valence-electron chi connectivity index (χ1n) is 8.58. The predicted octanol–water partition coefficient (Wildman–Crippen LogP) is 3.14. The summed E-state index contributed by atoms with van der Waals surface area (Å²) in [4.78, 5) is 14.9. The number of carbonyl (C=O) groups is 1. The lowest BCUT2D eigenvalue weighted by Crippen LogP contribution is -2.37. The number of amides is 1. The van der Waals surface area contributed by atoms with Crippen molar-refractivity contribution in [1.29, 1.82) is 0 Å². The number of likely N-dealkylation sites (tertiary alicyclic amines) is 1. The number of hydrogen-bond donors (Lipinski definition) is 2. The van der Waals surface area contributed by atoms with Gasteiger partial charge in [-0.2, -0.15) is 0 Å². The average molecular weight is 323 g/mol. The highest BCUT2D eigenvalue weighted by atomic mass is 16.1. The average Bonchev–Trinajstić information content (AvgIpc) is 3.11. The van der Waals surface area contributed by atoms with Gasteiger partial charge in [-0.15, -0.1) is 0 Å². The van der Waals surface area contributed by atoms with Crippen LogP contribution in [0, 0.1) is 6.92 Å². The number of benzene rings is 2. The van der Waals surface area contributed by atoms with E-state index in [4.69, 9.17) is 5.73 Å². The highest BCUT2D eigenvalue weighted by molar-refractivity contribution is 5.99. The molecule has 0 aliphatic carbocycles. The zero-order chi connectivity index (χ0) is 16.9. The molecule has 1 aliphatic heterocycles. The number of hydrogen-bond acceptors (Lipinski definition) is 3. The second-order valence-corrected chi connectivity index (χ2v) is 6.47. The maximum absolute atomic E-state index is 12.5. The highest BCUT2D eigenvalue weighted by Gasteiger charge is 2.24. The van der Waals surface area contributed by atoms with Crippen molar-refractivity contribution in [3.8, 4) is 0 Å². The van der Waals surface area contributed by atoms with Crippen molar-refractivity contribution in [2.24, 2.45) is 0 Å². The van der Waals surface area contributed by atoms with Gasteiger partial charge in [0.1, 0.15) is 0 Å². The lowest BCUT2D eigenvalue weighted by atomic mass is 10.0. The number of nitrogens with one attached hydrogen (secondary N) is 1. The molecule has 0 spiro atoms. The maximum Gasteiger partial charge on any atom is 0.253 e. The largest absolute Gasteiger partial charge is 0.398 e. The van der Waals surface area contributed by atoms with Gasteiger partial charge in [0, 0.05) is 12.2 Å². The molecule has 3 N–H and O–H groups in total. The third-order valence-electron chi connectivity index (χ3n) is 4.70. The van der Waals surface area contributed by atoms with E-state index < -0.39 is 0 Å². The number of rotatable bonds is 5. The van der Waals surface area contributed by atoms with Gasteiger partial charge in [0.2, 0.25) is 0 Å². The van der Waals surface area contributed by atoms with Crippen molar-refractivity contribution in [3.63, 3.8) is 0 Å². The highest BCUT2D eigenvalue weighted by Crippen LogP contribution is 2.25. The van der Waals surface area contributed by atoms with Gasteiger partial charge in [-0.25, -0.2) is 0 Å². The molecular weight excluding hydrogens is 298 g/mol. The number of carbonyl (C=O) groups excluding carboxylic acids is 1. The zero-order valence-electron chi connectivity index (χ0n) is 14.2. The molecule has 0 saturated carbocycles. The second kappa shape index (κ2) is 7.49. The molecule has 1 fully saturated rings. The Morgan fingerprint density at radius 3 is 2.46 bits per heavy atom. The van der Waals surface area contributed by atoms with Crippen molar-refractivity contribution in [2.75, 3.05) is 25.4 Å². The molecule has 4 nitrogen and oxygen atoms in total. The van der Waals surface area contributed by atoms with Crippen molar-refractivity contribution in [2.45, 2.75) is 25.8 Å².